The van der Waals surface area contributed by atoms with Crippen LogP contribution in [-0.4, -0.2) is 60.9 Å². The van der Waals surface area contributed by atoms with Crippen LogP contribution >= 0.6 is 0 Å². The van der Waals surface area contributed by atoms with Crippen LogP contribution < -0.4 is 16.0 Å². The first-order chi connectivity index (χ1) is 16.3. The average molecular weight is 473 g/mol. The molecule has 0 aromatic heterocycles. The van der Waals surface area contributed by atoms with Crippen molar-refractivity contribution in [2.45, 2.75) is 90.3 Å². The van der Waals surface area contributed by atoms with Gasteiger partial charge in [0.05, 0.1) is 6.04 Å². The maximum absolute atomic E-state index is 13.3. The van der Waals surface area contributed by atoms with Gasteiger partial charge in [0.25, 0.3) is 0 Å². The van der Waals surface area contributed by atoms with E-state index in [2.05, 4.69) is 29.8 Å². The second-order valence-electron chi connectivity index (χ2n) is 9.61. The molecule has 1 heterocycles. The van der Waals surface area contributed by atoms with E-state index < -0.39 is 12.1 Å². The highest BCUT2D eigenvalue weighted by molar-refractivity contribution is 5.93. The van der Waals surface area contributed by atoms with Gasteiger partial charge in [-0.25, -0.2) is 0 Å². The summed E-state index contributed by atoms with van der Waals surface area (Å²) in [6, 6.07) is 7.97. The van der Waals surface area contributed by atoms with Crippen molar-refractivity contribution < 1.29 is 14.4 Å². The number of benzene rings is 1. The third-order valence-corrected chi connectivity index (χ3v) is 6.97. The molecule has 7 heteroatoms. The molecule has 0 bridgehead atoms. The molecule has 7 nitrogen and oxygen atoms in total. The fourth-order valence-corrected chi connectivity index (χ4v) is 4.25. The SMILES string of the molecule is CC[C@H](C)[C@@H]1NCCCCCCCCNC(=O)[C@@H](Cc2ccccc2)NC(=O)[C@@H](C)N(C)C1=O. The lowest BCUT2D eigenvalue weighted by molar-refractivity contribution is -0.141. The third kappa shape index (κ3) is 8.75. The molecule has 1 aromatic carbocycles. The summed E-state index contributed by atoms with van der Waals surface area (Å²) in [5, 5.41) is 9.36. The van der Waals surface area contributed by atoms with Gasteiger partial charge in [-0.2, -0.15) is 0 Å². The van der Waals surface area contributed by atoms with Crippen molar-refractivity contribution in [3.05, 3.63) is 35.9 Å². The number of hydrogen-bond donors (Lipinski definition) is 3. The topological polar surface area (TPSA) is 90.5 Å². The molecule has 34 heavy (non-hydrogen) atoms. The minimum atomic E-state index is -0.691. The number of hydrogen-bond acceptors (Lipinski definition) is 4. The van der Waals surface area contributed by atoms with Crippen molar-refractivity contribution >= 4 is 17.7 Å². The minimum absolute atomic E-state index is 0.0813. The molecule has 0 aliphatic carbocycles. The summed E-state index contributed by atoms with van der Waals surface area (Å²) in [6.45, 7) is 7.27. The van der Waals surface area contributed by atoms with Crippen molar-refractivity contribution in [3.63, 3.8) is 0 Å². The zero-order valence-corrected chi connectivity index (χ0v) is 21.4. The molecule has 190 valence electrons. The van der Waals surface area contributed by atoms with Crippen LogP contribution in [0.15, 0.2) is 30.3 Å². The van der Waals surface area contributed by atoms with E-state index in [-0.39, 0.29) is 29.7 Å². The predicted molar refractivity (Wildman–Crippen MR) is 136 cm³/mol. The molecule has 1 fully saturated rings. The fraction of sp³-hybridized carbons (Fsp3) is 0.667. The Labute approximate surface area is 205 Å². The highest BCUT2D eigenvalue weighted by atomic mass is 16.2. The van der Waals surface area contributed by atoms with E-state index in [0.29, 0.717) is 13.0 Å². The molecule has 1 aliphatic heterocycles. The summed E-state index contributed by atoms with van der Waals surface area (Å²) in [5.41, 5.74) is 0.975. The molecule has 2 rings (SSSR count). The lowest BCUT2D eigenvalue weighted by atomic mass is 9.97. The van der Waals surface area contributed by atoms with Crippen LogP contribution in [0.4, 0.5) is 0 Å². The first kappa shape index (κ1) is 27.8. The molecule has 3 N–H and O–H groups in total. The first-order valence-corrected chi connectivity index (χ1v) is 13.0. The van der Waals surface area contributed by atoms with E-state index in [4.69, 9.17) is 0 Å². The van der Waals surface area contributed by atoms with Crippen LogP contribution in [0.5, 0.6) is 0 Å². The van der Waals surface area contributed by atoms with E-state index in [1.165, 1.54) is 4.90 Å². The van der Waals surface area contributed by atoms with Crippen molar-refractivity contribution in [2.75, 3.05) is 20.1 Å². The highest BCUT2D eigenvalue weighted by Crippen LogP contribution is 2.14. The lowest BCUT2D eigenvalue weighted by Crippen LogP contribution is -2.57. The van der Waals surface area contributed by atoms with Gasteiger partial charge in [0.2, 0.25) is 17.7 Å². The van der Waals surface area contributed by atoms with Gasteiger partial charge >= 0.3 is 0 Å². The predicted octanol–water partition coefficient (Wildman–Crippen LogP) is 3.04. The van der Waals surface area contributed by atoms with Gasteiger partial charge in [-0.05, 0) is 37.8 Å². The highest BCUT2D eigenvalue weighted by Gasteiger charge is 2.32. The monoisotopic (exact) mass is 472 g/mol. The molecule has 1 saturated heterocycles. The second kappa shape index (κ2) is 14.8. The maximum Gasteiger partial charge on any atom is 0.243 e. The van der Waals surface area contributed by atoms with Crippen LogP contribution in [-0.2, 0) is 20.8 Å². The molecular formula is C27H44N4O3. The van der Waals surface area contributed by atoms with Gasteiger partial charge in [-0.15, -0.1) is 0 Å². The maximum atomic E-state index is 13.3. The molecule has 4 atom stereocenters. The molecule has 3 amide bonds. The van der Waals surface area contributed by atoms with Gasteiger partial charge in [0, 0.05) is 20.0 Å². The Morgan fingerprint density at radius 2 is 1.56 bits per heavy atom. The number of nitrogens with one attached hydrogen (secondary N) is 3. The second-order valence-corrected chi connectivity index (χ2v) is 9.61. The number of amides is 3. The Morgan fingerprint density at radius 1 is 0.941 bits per heavy atom. The van der Waals surface area contributed by atoms with Gasteiger partial charge < -0.3 is 20.9 Å². The molecule has 0 radical (unpaired) electrons. The largest absolute Gasteiger partial charge is 0.354 e. The number of carbonyl (C=O) groups excluding carboxylic acids is 3. The summed E-state index contributed by atoms with van der Waals surface area (Å²) >= 11 is 0. The molecule has 1 aromatic rings. The van der Waals surface area contributed by atoms with Crippen molar-refractivity contribution in [1.82, 2.24) is 20.9 Å². The molecule has 0 saturated carbocycles. The quantitative estimate of drug-likeness (QED) is 0.628. The van der Waals surface area contributed by atoms with E-state index >= 15 is 0 Å². The van der Waals surface area contributed by atoms with Crippen LogP contribution in [0.25, 0.3) is 0 Å². The van der Waals surface area contributed by atoms with Crippen LogP contribution in [0.2, 0.25) is 0 Å². The summed E-state index contributed by atoms with van der Waals surface area (Å²) in [6.07, 6.45) is 7.71. The first-order valence-electron chi connectivity index (χ1n) is 13.0. The number of carbonyl (C=O) groups is 3. The standard InChI is InChI=1S/C27H44N4O3/c1-5-20(2)24-27(34)31(4)21(3)25(32)30-23(19-22-15-11-10-12-16-22)26(33)29-18-14-9-7-6-8-13-17-28-24/h10-12,15-16,20-21,23-24,28H,5-9,13-14,17-19H2,1-4H3,(H,29,33)(H,30,32)/t20-,21+,23+,24-/m0/s1. The van der Waals surface area contributed by atoms with Crippen LogP contribution in [0.3, 0.4) is 0 Å². The fourth-order valence-electron chi connectivity index (χ4n) is 4.25. The van der Waals surface area contributed by atoms with Crippen LogP contribution in [0, 0.1) is 5.92 Å². The van der Waals surface area contributed by atoms with E-state index in [1.54, 1.807) is 14.0 Å². The third-order valence-electron chi connectivity index (χ3n) is 6.97. The Morgan fingerprint density at radius 3 is 2.21 bits per heavy atom. The average Bonchev–Trinajstić information content (AvgIpc) is 2.85. The normalized spacial score (nSPS) is 25.6. The number of likely N-dealkylation sites (N-methyl/N-ethyl adjacent to an activating group) is 1. The van der Waals surface area contributed by atoms with E-state index in [1.807, 2.05) is 30.3 Å². The summed E-state index contributed by atoms with van der Waals surface area (Å²) in [5.74, 6) is -0.427. The van der Waals surface area contributed by atoms with E-state index in [0.717, 1.165) is 57.1 Å². The summed E-state index contributed by atoms with van der Waals surface area (Å²) < 4.78 is 0. The Hall–Kier alpha value is -2.41. The van der Waals surface area contributed by atoms with Gasteiger partial charge in [0.1, 0.15) is 12.1 Å². The summed E-state index contributed by atoms with van der Waals surface area (Å²) in [7, 11) is 1.67. The minimum Gasteiger partial charge on any atom is -0.354 e. The summed E-state index contributed by atoms with van der Waals surface area (Å²) in [4.78, 5) is 41.0. The Balaban J connectivity index is 2.19. The van der Waals surface area contributed by atoms with Gasteiger partial charge in [-0.1, -0.05) is 76.3 Å². The lowest BCUT2D eigenvalue weighted by Gasteiger charge is -2.32. The van der Waals surface area contributed by atoms with Crippen LogP contribution in [0.1, 0.15) is 71.3 Å². The van der Waals surface area contributed by atoms with Crippen molar-refractivity contribution in [3.8, 4) is 0 Å². The van der Waals surface area contributed by atoms with Gasteiger partial charge in [-0.3, -0.25) is 14.4 Å². The number of nitrogens with zero attached hydrogens (tertiary/aromatic N) is 1. The van der Waals surface area contributed by atoms with E-state index in [9.17, 15) is 14.4 Å². The van der Waals surface area contributed by atoms with Crippen molar-refractivity contribution in [2.24, 2.45) is 5.92 Å². The van der Waals surface area contributed by atoms with Gasteiger partial charge in [0.15, 0.2) is 0 Å². The Kier molecular flexibility index (Phi) is 12.1. The smallest absolute Gasteiger partial charge is 0.243 e. The Bertz CT molecular complexity index is 770. The molecule has 0 spiro atoms. The molecular weight excluding hydrogens is 428 g/mol. The molecule has 1 aliphatic rings. The molecule has 0 unspecified atom stereocenters. The number of rotatable bonds is 4. The zero-order valence-electron chi connectivity index (χ0n) is 21.4. The van der Waals surface area contributed by atoms with Crippen molar-refractivity contribution in [1.29, 1.82) is 0 Å². The zero-order chi connectivity index (χ0) is 24.9.